The summed E-state index contributed by atoms with van der Waals surface area (Å²) in [5.41, 5.74) is 0.986. The highest BCUT2D eigenvalue weighted by molar-refractivity contribution is 6.16. The Hall–Kier alpha value is -3.88. The summed E-state index contributed by atoms with van der Waals surface area (Å²) in [5.74, 6) is -1.18. The SMILES string of the molecule is O=C(O)CCNC(=O)N1CCN(/C=C2/N=C(c3cccc4ccccc34)OC2=O)CC1. The monoisotopic (exact) mass is 422 g/mol. The summed E-state index contributed by atoms with van der Waals surface area (Å²) in [6.45, 7) is 2.07. The van der Waals surface area contributed by atoms with E-state index in [-0.39, 0.29) is 30.6 Å². The van der Waals surface area contributed by atoms with Crippen molar-refractivity contribution in [2.45, 2.75) is 6.42 Å². The second kappa shape index (κ2) is 8.86. The zero-order chi connectivity index (χ0) is 21.8. The average Bonchev–Trinajstić information content (AvgIpc) is 3.13. The first-order valence-electron chi connectivity index (χ1n) is 10.0. The van der Waals surface area contributed by atoms with Gasteiger partial charge in [0.1, 0.15) is 0 Å². The Bertz CT molecular complexity index is 1080. The van der Waals surface area contributed by atoms with Crippen LogP contribution in [0.3, 0.4) is 0 Å². The van der Waals surface area contributed by atoms with E-state index >= 15 is 0 Å². The lowest BCUT2D eigenvalue weighted by atomic mass is 10.0. The molecule has 0 bridgehead atoms. The molecule has 0 spiro atoms. The number of aliphatic imine (C=N–C) groups is 1. The fourth-order valence-corrected chi connectivity index (χ4v) is 3.54. The van der Waals surface area contributed by atoms with Crippen LogP contribution in [0.5, 0.6) is 0 Å². The average molecular weight is 422 g/mol. The lowest BCUT2D eigenvalue weighted by Gasteiger charge is -2.34. The molecule has 0 atom stereocenters. The van der Waals surface area contributed by atoms with E-state index in [0.29, 0.717) is 26.2 Å². The number of ether oxygens (including phenoxy) is 1. The van der Waals surface area contributed by atoms with E-state index in [1.807, 2.05) is 47.4 Å². The lowest BCUT2D eigenvalue weighted by molar-refractivity contribution is -0.136. The largest absolute Gasteiger partial charge is 0.481 e. The molecule has 0 saturated carbocycles. The Morgan fingerprint density at radius 1 is 1.10 bits per heavy atom. The molecule has 4 rings (SSSR count). The van der Waals surface area contributed by atoms with Gasteiger partial charge in [-0.3, -0.25) is 4.79 Å². The van der Waals surface area contributed by atoms with Crippen molar-refractivity contribution in [3.63, 3.8) is 0 Å². The van der Waals surface area contributed by atoms with E-state index in [1.165, 1.54) is 0 Å². The number of nitrogens with zero attached hydrogens (tertiary/aromatic N) is 3. The maximum absolute atomic E-state index is 12.4. The highest BCUT2D eigenvalue weighted by Gasteiger charge is 2.27. The van der Waals surface area contributed by atoms with Gasteiger partial charge in [-0.2, -0.15) is 0 Å². The van der Waals surface area contributed by atoms with E-state index in [1.54, 1.807) is 11.1 Å². The standard InChI is InChI=1S/C22H22N4O5/c27-19(28)8-9-23-22(30)26-12-10-25(11-13-26)14-18-21(29)31-20(24-18)17-7-3-5-15-4-1-2-6-16(15)17/h1-7,14H,8-13H2,(H,23,30)(H,27,28)/b18-14+. The summed E-state index contributed by atoms with van der Waals surface area (Å²) in [6.07, 6.45) is 1.55. The van der Waals surface area contributed by atoms with E-state index in [9.17, 15) is 14.4 Å². The van der Waals surface area contributed by atoms with Crippen LogP contribution in [0.2, 0.25) is 0 Å². The van der Waals surface area contributed by atoms with Crippen molar-refractivity contribution < 1.29 is 24.2 Å². The number of benzene rings is 2. The van der Waals surface area contributed by atoms with E-state index < -0.39 is 11.9 Å². The molecule has 0 unspecified atom stereocenters. The molecule has 2 N–H and O–H groups in total. The highest BCUT2D eigenvalue weighted by atomic mass is 16.6. The molecule has 1 fully saturated rings. The zero-order valence-corrected chi connectivity index (χ0v) is 16.8. The topological polar surface area (TPSA) is 112 Å². The lowest BCUT2D eigenvalue weighted by Crippen LogP contribution is -2.50. The molecule has 9 heteroatoms. The minimum Gasteiger partial charge on any atom is -0.481 e. The van der Waals surface area contributed by atoms with Gasteiger partial charge in [-0.05, 0) is 16.8 Å². The summed E-state index contributed by atoms with van der Waals surface area (Å²) < 4.78 is 5.43. The second-order valence-electron chi connectivity index (χ2n) is 7.25. The quantitative estimate of drug-likeness (QED) is 0.561. The van der Waals surface area contributed by atoms with Crippen LogP contribution < -0.4 is 5.32 Å². The van der Waals surface area contributed by atoms with Crippen LogP contribution in [0.4, 0.5) is 4.79 Å². The molecule has 2 aromatic rings. The van der Waals surface area contributed by atoms with Gasteiger partial charge in [0.2, 0.25) is 5.90 Å². The second-order valence-corrected chi connectivity index (χ2v) is 7.25. The minimum atomic E-state index is -0.955. The van der Waals surface area contributed by atoms with Crippen molar-refractivity contribution in [1.29, 1.82) is 0 Å². The third-order valence-electron chi connectivity index (χ3n) is 5.16. The first-order chi connectivity index (χ1) is 15.0. The van der Waals surface area contributed by atoms with E-state index in [0.717, 1.165) is 16.3 Å². The van der Waals surface area contributed by atoms with Crippen LogP contribution in [0.25, 0.3) is 10.8 Å². The number of piperazine rings is 1. The number of fused-ring (bicyclic) bond motifs is 1. The Morgan fingerprint density at radius 2 is 1.84 bits per heavy atom. The Morgan fingerprint density at radius 3 is 2.61 bits per heavy atom. The van der Waals surface area contributed by atoms with Crippen LogP contribution >= 0.6 is 0 Å². The number of hydrogen-bond donors (Lipinski definition) is 2. The number of aliphatic carboxylic acids is 1. The fraction of sp³-hybridized carbons (Fsp3) is 0.273. The summed E-state index contributed by atoms with van der Waals surface area (Å²) >= 11 is 0. The molecule has 0 radical (unpaired) electrons. The maximum Gasteiger partial charge on any atom is 0.365 e. The van der Waals surface area contributed by atoms with Crippen LogP contribution in [0.1, 0.15) is 12.0 Å². The predicted molar refractivity (Wildman–Crippen MR) is 113 cm³/mol. The van der Waals surface area contributed by atoms with Crippen molar-refractivity contribution in [3.05, 3.63) is 59.9 Å². The van der Waals surface area contributed by atoms with Gasteiger partial charge in [-0.15, -0.1) is 0 Å². The van der Waals surface area contributed by atoms with Crippen molar-refractivity contribution in [3.8, 4) is 0 Å². The molecule has 2 heterocycles. The van der Waals surface area contributed by atoms with Crippen LogP contribution in [0, 0.1) is 0 Å². The normalized spacial score (nSPS) is 17.6. The third kappa shape index (κ3) is 4.66. The number of hydrogen-bond acceptors (Lipinski definition) is 6. The van der Waals surface area contributed by atoms with Crippen LogP contribution in [0.15, 0.2) is 59.4 Å². The number of carboxylic acid groups (broad SMARTS) is 1. The maximum atomic E-state index is 12.4. The van der Waals surface area contributed by atoms with Crippen molar-refractivity contribution in [2.75, 3.05) is 32.7 Å². The Balaban J connectivity index is 1.41. The number of rotatable bonds is 5. The van der Waals surface area contributed by atoms with Crippen molar-refractivity contribution >= 4 is 34.6 Å². The molecule has 9 nitrogen and oxygen atoms in total. The first-order valence-corrected chi connectivity index (χ1v) is 10.0. The number of carbonyl (C=O) groups excluding carboxylic acids is 2. The highest BCUT2D eigenvalue weighted by Crippen LogP contribution is 2.24. The molecule has 160 valence electrons. The molecule has 0 aliphatic carbocycles. The van der Waals surface area contributed by atoms with E-state index in [2.05, 4.69) is 10.3 Å². The summed E-state index contributed by atoms with van der Waals surface area (Å²) in [4.78, 5) is 42.9. The van der Waals surface area contributed by atoms with Crippen molar-refractivity contribution in [2.24, 2.45) is 4.99 Å². The smallest absolute Gasteiger partial charge is 0.365 e. The Labute approximate surface area is 178 Å². The minimum absolute atomic E-state index is 0.0932. The van der Waals surface area contributed by atoms with Crippen LogP contribution in [-0.4, -0.2) is 71.5 Å². The summed E-state index contributed by atoms with van der Waals surface area (Å²) in [5, 5.41) is 13.2. The number of cyclic esters (lactones) is 1. The van der Waals surface area contributed by atoms with Gasteiger partial charge in [0, 0.05) is 44.5 Å². The molecular weight excluding hydrogens is 400 g/mol. The van der Waals surface area contributed by atoms with Crippen molar-refractivity contribution in [1.82, 2.24) is 15.1 Å². The van der Waals surface area contributed by atoms with Gasteiger partial charge in [0.15, 0.2) is 5.70 Å². The van der Waals surface area contributed by atoms with Gasteiger partial charge in [-0.1, -0.05) is 36.4 Å². The fourth-order valence-electron chi connectivity index (χ4n) is 3.54. The molecule has 2 aromatic carbocycles. The molecular formula is C22H22N4O5. The first kappa shape index (κ1) is 20.4. The van der Waals surface area contributed by atoms with Gasteiger partial charge < -0.3 is 25.0 Å². The van der Waals surface area contributed by atoms with Gasteiger partial charge in [-0.25, -0.2) is 14.6 Å². The number of amides is 2. The number of urea groups is 1. The number of esters is 1. The van der Waals surface area contributed by atoms with E-state index in [4.69, 9.17) is 9.84 Å². The molecule has 1 saturated heterocycles. The molecule has 2 aliphatic heterocycles. The predicted octanol–water partition coefficient (Wildman–Crippen LogP) is 1.79. The number of nitrogens with one attached hydrogen (secondary N) is 1. The van der Waals surface area contributed by atoms with Gasteiger partial charge in [0.05, 0.1) is 6.42 Å². The number of carbonyl (C=O) groups is 3. The third-order valence-corrected chi connectivity index (χ3v) is 5.16. The molecule has 31 heavy (non-hydrogen) atoms. The van der Waals surface area contributed by atoms with Gasteiger partial charge in [0.25, 0.3) is 0 Å². The van der Waals surface area contributed by atoms with Crippen LogP contribution in [-0.2, 0) is 14.3 Å². The van der Waals surface area contributed by atoms with Gasteiger partial charge >= 0.3 is 18.0 Å². The summed E-state index contributed by atoms with van der Waals surface area (Å²) in [7, 11) is 0. The molecule has 2 aliphatic rings. The summed E-state index contributed by atoms with van der Waals surface area (Å²) in [6, 6.07) is 13.3. The molecule has 2 amide bonds. The number of carboxylic acids is 1. The Kier molecular flexibility index (Phi) is 5.83. The molecule has 0 aromatic heterocycles. The zero-order valence-electron chi connectivity index (χ0n) is 16.8.